The number of likely N-dealkylation sites (tertiary alicyclic amines) is 1. The maximum Gasteiger partial charge on any atom is 0.303 e. The van der Waals surface area contributed by atoms with Crippen molar-refractivity contribution in [1.29, 1.82) is 0 Å². The summed E-state index contributed by atoms with van der Waals surface area (Å²) in [5.74, 6) is -0.627. The highest BCUT2D eigenvalue weighted by molar-refractivity contribution is 5.87. The van der Waals surface area contributed by atoms with Crippen molar-refractivity contribution in [3.63, 3.8) is 0 Å². The molecule has 136 valence electrons. The zero-order chi connectivity index (χ0) is 18.6. The summed E-state index contributed by atoms with van der Waals surface area (Å²) in [5, 5.41) is 19.6. The molecule has 1 unspecified atom stereocenters. The molecule has 7 heteroatoms. The van der Waals surface area contributed by atoms with Crippen LogP contribution in [0.4, 0.5) is 5.69 Å². The van der Waals surface area contributed by atoms with Gasteiger partial charge in [-0.15, -0.1) is 0 Å². The van der Waals surface area contributed by atoms with Crippen LogP contribution in [0.15, 0.2) is 24.3 Å². The predicted molar refractivity (Wildman–Crippen MR) is 92.3 cm³/mol. The summed E-state index contributed by atoms with van der Waals surface area (Å²) in [7, 11) is 0. The second-order valence-electron chi connectivity index (χ2n) is 7.12. The van der Waals surface area contributed by atoms with Gasteiger partial charge in [0, 0.05) is 31.6 Å². The van der Waals surface area contributed by atoms with E-state index in [9.17, 15) is 19.7 Å². The summed E-state index contributed by atoms with van der Waals surface area (Å²) in [4.78, 5) is 35.9. The van der Waals surface area contributed by atoms with Crippen LogP contribution in [0.2, 0.25) is 0 Å². The monoisotopic (exact) mass is 348 g/mol. The largest absolute Gasteiger partial charge is 0.481 e. The minimum atomic E-state index is -0.811. The molecule has 0 aromatic heterocycles. The number of non-ortho nitro benzene ring substituents is 1. The molecule has 1 saturated heterocycles. The number of hydrogen-bond acceptors (Lipinski definition) is 4. The van der Waals surface area contributed by atoms with Gasteiger partial charge in [-0.25, -0.2) is 0 Å². The first-order chi connectivity index (χ1) is 11.7. The highest BCUT2D eigenvalue weighted by atomic mass is 16.6. The predicted octanol–water partition coefficient (Wildman–Crippen LogP) is 2.98. The topological polar surface area (TPSA) is 101 Å². The Hall–Kier alpha value is -2.44. The van der Waals surface area contributed by atoms with Gasteiger partial charge in [0.2, 0.25) is 5.91 Å². The highest BCUT2D eigenvalue weighted by Crippen LogP contribution is 2.30. The van der Waals surface area contributed by atoms with E-state index in [1.807, 2.05) is 13.8 Å². The fourth-order valence-electron chi connectivity index (χ4n) is 3.33. The summed E-state index contributed by atoms with van der Waals surface area (Å²) in [6.45, 7) is 4.87. The van der Waals surface area contributed by atoms with E-state index in [2.05, 4.69) is 0 Å². The molecule has 1 amide bonds. The lowest BCUT2D eigenvalue weighted by Gasteiger charge is -2.38. The van der Waals surface area contributed by atoms with Crippen molar-refractivity contribution in [2.24, 2.45) is 5.92 Å². The van der Waals surface area contributed by atoms with E-state index in [-0.39, 0.29) is 23.9 Å². The second kappa shape index (κ2) is 7.63. The van der Waals surface area contributed by atoms with Crippen molar-refractivity contribution in [1.82, 2.24) is 4.90 Å². The number of nitro benzene ring substituents is 1. The van der Waals surface area contributed by atoms with Gasteiger partial charge in [-0.1, -0.05) is 12.1 Å². The molecule has 0 saturated carbocycles. The van der Waals surface area contributed by atoms with E-state index in [0.717, 1.165) is 18.4 Å². The van der Waals surface area contributed by atoms with E-state index in [1.54, 1.807) is 17.0 Å². The number of aliphatic carboxylic acids is 1. The van der Waals surface area contributed by atoms with Gasteiger partial charge in [-0.2, -0.15) is 0 Å². The summed E-state index contributed by atoms with van der Waals surface area (Å²) >= 11 is 0. The molecule has 1 aliphatic rings. The first kappa shape index (κ1) is 18.9. The number of rotatable bonds is 6. The van der Waals surface area contributed by atoms with Crippen LogP contribution in [0, 0.1) is 16.0 Å². The molecule has 0 radical (unpaired) electrons. The lowest BCUT2D eigenvalue weighted by Crippen LogP contribution is -2.48. The Morgan fingerprint density at radius 1 is 1.32 bits per heavy atom. The van der Waals surface area contributed by atoms with Crippen LogP contribution in [0.5, 0.6) is 0 Å². The zero-order valence-electron chi connectivity index (χ0n) is 14.6. The fourth-order valence-corrected chi connectivity index (χ4v) is 3.33. The molecule has 1 fully saturated rings. The Morgan fingerprint density at radius 3 is 2.52 bits per heavy atom. The molecule has 1 aromatic carbocycles. The third kappa shape index (κ3) is 4.55. The number of carbonyl (C=O) groups is 2. The van der Waals surface area contributed by atoms with Gasteiger partial charge in [0.05, 0.1) is 10.3 Å². The molecular weight excluding hydrogens is 324 g/mol. The molecule has 25 heavy (non-hydrogen) atoms. The molecule has 1 heterocycles. The Labute approximate surface area is 146 Å². The number of benzene rings is 1. The SMILES string of the molecule is CC(C)(C(=O)N1CCCC(CCC(=O)O)C1)c1ccc([N+](=O)[O-])cc1. The van der Waals surface area contributed by atoms with Gasteiger partial charge in [-0.3, -0.25) is 19.7 Å². The third-order valence-electron chi connectivity index (χ3n) is 4.91. The average molecular weight is 348 g/mol. The van der Waals surface area contributed by atoms with E-state index >= 15 is 0 Å². The van der Waals surface area contributed by atoms with E-state index in [1.165, 1.54) is 12.1 Å². The first-order valence-corrected chi connectivity index (χ1v) is 8.48. The molecule has 1 N–H and O–H groups in total. The third-order valence-corrected chi connectivity index (χ3v) is 4.91. The number of piperidine rings is 1. The normalized spacial score (nSPS) is 18.0. The Kier molecular flexibility index (Phi) is 5.77. The standard InChI is InChI=1S/C18H24N2O5/c1-18(2,14-6-8-15(9-7-14)20(24)25)17(23)19-11-3-4-13(12-19)5-10-16(21)22/h6-9,13H,3-5,10-12H2,1-2H3,(H,21,22). The molecule has 0 bridgehead atoms. The molecule has 0 aliphatic carbocycles. The van der Waals surface area contributed by atoms with Crippen molar-refractivity contribution in [3.8, 4) is 0 Å². The lowest BCUT2D eigenvalue weighted by atomic mass is 9.82. The quantitative estimate of drug-likeness (QED) is 0.629. The van der Waals surface area contributed by atoms with Crippen molar-refractivity contribution >= 4 is 17.6 Å². The maximum absolute atomic E-state index is 13.0. The molecular formula is C18H24N2O5. The van der Waals surface area contributed by atoms with Crippen LogP contribution < -0.4 is 0 Å². The number of amides is 1. The number of carbonyl (C=O) groups excluding carboxylic acids is 1. The molecule has 1 aromatic rings. The number of carboxylic acid groups (broad SMARTS) is 1. The first-order valence-electron chi connectivity index (χ1n) is 8.48. The minimum absolute atomic E-state index is 0.00120. The smallest absolute Gasteiger partial charge is 0.303 e. The summed E-state index contributed by atoms with van der Waals surface area (Å²) < 4.78 is 0. The van der Waals surface area contributed by atoms with Gasteiger partial charge in [0.25, 0.3) is 5.69 Å². The molecule has 0 spiro atoms. The van der Waals surface area contributed by atoms with Crippen molar-refractivity contribution < 1.29 is 19.6 Å². The minimum Gasteiger partial charge on any atom is -0.481 e. The van der Waals surface area contributed by atoms with Gasteiger partial charge < -0.3 is 10.0 Å². The Bertz CT molecular complexity index is 654. The average Bonchev–Trinajstić information content (AvgIpc) is 2.59. The number of nitrogens with zero attached hydrogens (tertiary/aromatic N) is 2. The van der Waals surface area contributed by atoms with Crippen LogP contribution in [0.1, 0.15) is 45.1 Å². The molecule has 7 nitrogen and oxygen atoms in total. The fraction of sp³-hybridized carbons (Fsp3) is 0.556. The summed E-state index contributed by atoms with van der Waals surface area (Å²) in [5.41, 5.74) is -0.0569. The van der Waals surface area contributed by atoms with Crippen LogP contribution in [0.25, 0.3) is 0 Å². The summed E-state index contributed by atoms with van der Waals surface area (Å²) in [6, 6.07) is 6.08. The van der Waals surface area contributed by atoms with Gasteiger partial charge >= 0.3 is 5.97 Å². The molecule has 2 rings (SSSR count). The van der Waals surface area contributed by atoms with Crippen LogP contribution >= 0.6 is 0 Å². The van der Waals surface area contributed by atoms with E-state index in [0.29, 0.717) is 19.5 Å². The van der Waals surface area contributed by atoms with Crippen LogP contribution in [-0.2, 0) is 15.0 Å². The second-order valence-corrected chi connectivity index (χ2v) is 7.12. The van der Waals surface area contributed by atoms with Crippen LogP contribution in [-0.4, -0.2) is 39.9 Å². The summed E-state index contributed by atoms with van der Waals surface area (Å²) in [6.07, 6.45) is 2.51. The number of hydrogen-bond donors (Lipinski definition) is 1. The Morgan fingerprint density at radius 2 is 1.96 bits per heavy atom. The van der Waals surface area contributed by atoms with Crippen molar-refractivity contribution in [2.45, 2.75) is 44.9 Å². The number of carboxylic acids is 1. The van der Waals surface area contributed by atoms with Gasteiger partial charge in [0.1, 0.15) is 0 Å². The maximum atomic E-state index is 13.0. The van der Waals surface area contributed by atoms with E-state index in [4.69, 9.17) is 5.11 Å². The van der Waals surface area contributed by atoms with Crippen molar-refractivity contribution in [2.75, 3.05) is 13.1 Å². The van der Waals surface area contributed by atoms with E-state index < -0.39 is 16.3 Å². The Balaban J connectivity index is 2.08. The molecule has 1 atom stereocenters. The lowest BCUT2D eigenvalue weighted by molar-refractivity contribution is -0.384. The highest BCUT2D eigenvalue weighted by Gasteiger charge is 2.36. The number of nitro groups is 1. The molecule has 1 aliphatic heterocycles. The van der Waals surface area contributed by atoms with Gasteiger partial charge in [0.15, 0.2) is 0 Å². The zero-order valence-corrected chi connectivity index (χ0v) is 14.6. The van der Waals surface area contributed by atoms with Crippen molar-refractivity contribution in [3.05, 3.63) is 39.9 Å². The van der Waals surface area contributed by atoms with Crippen LogP contribution in [0.3, 0.4) is 0 Å². The van der Waals surface area contributed by atoms with Gasteiger partial charge in [-0.05, 0) is 44.6 Å².